The third-order valence-corrected chi connectivity index (χ3v) is 2.43. The summed E-state index contributed by atoms with van der Waals surface area (Å²) in [5.74, 6) is 0.506. The van der Waals surface area contributed by atoms with Crippen LogP contribution >= 0.6 is 0 Å². The molecule has 0 aliphatic carbocycles. The van der Waals surface area contributed by atoms with Crippen LogP contribution in [0.1, 0.15) is 30.9 Å². The smallest absolute Gasteiger partial charge is 0.0664 e. The lowest BCUT2D eigenvalue weighted by molar-refractivity contribution is 1.05. The molecule has 0 saturated carbocycles. The Hall–Kier alpha value is -1.11. The molecule has 1 aromatic rings. The molecule has 2 rings (SSSR count). The van der Waals surface area contributed by atoms with Gasteiger partial charge in [-0.1, -0.05) is 26.0 Å². The van der Waals surface area contributed by atoms with E-state index in [1.54, 1.807) is 0 Å². The predicted molar refractivity (Wildman–Crippen MR) is 52.4 cm³/mol. The van der Waals surface area contributed by atoms with Gasteiger partial charge in [0.25, 0.3) is 0 Å². The summed E-state index contributed by atoms with van der Waals surface area (Å²) >= 11 is 0. The number of aryl methyl sites for hydroxylation is 1. The summed E-state index contributed by atoms with van der Waals surface area (Å²) in [5, 5.41) is 0. The van der Waals surface area contributed by atoms with E-state index >= 15 is 0 Å². The van der Waals surface area contributed by atoms with E-state index in [0.717, 1.165) is 12.1 Å². The van der Waals surface area contributed by atoms with Crippen molar-refractivity contribution in [3.05, 3.63) is 29.3 Å². The highest BCUT2D eigenvalue weighted by molar-refractivity contribution is 5.80. The summed E-state index contributed by atoms with van der Waals surface area (Å²) in [6.07, 6.45) is 3.13. The summed E-state index contributed by atoms with van der Waals surface area (Å²) in [5.41, 5.74) is 3.94. The van der Waals surface area contributed by atoms with E-state index in [1.807, 2.05) is 6.21 Å². The normalized spacial score (nSPS) is 19.7. The molecular formula is C11H13N. The molecule has 1 heterocycles. The summed E-state index contributed by atoms with van der Waals surface area (Å²) < 4.78 is 0. The van der Waals surface area contributed by atoms with Gasteiger partial charge in [0.2, 0.25) is 0 Å². The number of benzene rings is 1. The van der Waals surface area contributed by atoms with Crippen molar-refractivity contribution in [2.75, 3.05) is 0 Å². The molecule has 0 N–H and O–H groups in total. The van der Waals surface area contributed by atoms with Crippen LogP contribution in [-0.2, 0) is 6.42 Å². The van der Waals surface area contributed by atoms with Gasteiger partial charge in [0, 0.05) is 12.1 Å². The van der Waals surface area contributed by atoms with E-state index in [9.17, 15) is 0 Å². The van der Waals surface area contributed by atoms with Gasteiger partial charge in [0.15, 0.2) is 0 Å². The molecular weight excluding hydrogens is 146 g/mol. The van der Waals surface area contributed by atoms with Gasteiger partial charge in [-0.05, 0) is 23.6 Å². The van der Waals surface area contributed by atoms with Crippen LogP contribution in [0.25, 0.3) is 0 Å². The second kappa shape index (κ2) is 2.74. The van der Waals surface area contributed by atoms with Crippen molar-refractivity contribution in [2.24, 2.45) is 4.99 Å². The summed E-state index contributed by atoms with van der Waals surface area (Å²) in [6.45, 7) is 4.37. The van der Waals surface area contributed by atoms with E-state index in [1.165, 1.54) is 11.1 Å². The zero-order valence-electron chi connectivity index (χ0n) is 7.54. The van der Waals surface area contributed by atoms with Crippen LogP contribution in [0.4, 0.5) is 5.69 Å². The van der Waals surface area contributed by atoms with Crippen LogP contribution in [0.15, 0.2) is 23.2 Å². The Morgan fingerprint density at radius 3 is 3.00 bits per heavy atom. The lowest BCUT2D eigenvalue weighted by atomic mass is 10.00. The van der Waals surface area contributed by atoms with Crippen LogP contribution in [0.5, 0.6) is 0 Å². The molecule has 1 heteroatoms. The minimum Gasteiger partial charge on any atom is -0.260 e. The molecule has 12 heavy (non-hydrogen) atoms. The van der Waals surface area contributed by atoms with Gasteiger partial charge < -0.3 is 0 Å². The van der Waals surface area contributed by atoms with E-state index in [-0.39, 0.29) is 0 Å². The Labute approximate surface area is 73.1 Å². The van der Waals surface area contributed by atoms with Crippen LogP contribution in [0.3, 0.4) is 0 Å². The number of fused-ring (bicyclic) bond motifs is 1. The minimum absolute atomic E-state index is 0.506. The number of rotatable bonds is 1. The number of hydrogen-bond donors (Lipinski definition) is 0. The maximum Gasteiger partial charge on any atom is 0.0664 e. The first-order chi connectivity index (χ1) is 5.81. The molecule has 1 aromatic carbocycles. The Morgan fingerprint density at radius 1 is 1.42 bits per heavy atom. The third kappa shape index (κ3) is 1.06. The van der Waals surface area contributed by atoms with E-state index in [2.05, 4.69) is 37.0 Å². The molecule has 0 amide bonds. The van der Waals surface area contributed by atoms with Crippen molar-refractivity contribution >= 4 is 11.9 Å². The molecule has 1 atom stereocenters. The summed E-state index contributed by atoms with van der Waals surface area (Å²) in [6, 6.07) is 6.55. The third-order valence-electron chi connectivity index (χ3n) is 2.43. The Balaban J connectivity index is 2.48. The first-order valence-corrected chi connectivity index (χ1v) is 4.48. The van der Waals surface area contributed by atoms with E-state index < -0.39 is 0 Å². The zero-order chi connectivity index (χ0) is 8.55. The molecule has 1 nitrogen and oxygen atoms in total. The Morgan fingerprint density at radius 2 is 2.25 bits per heavy atom. The topological polar surface area (TPSA) is 12.4 Å². The van der Waals surface area contributed by atoms with Crippen LogP contribution < -0.4 is 0 Å². The molecule has 1 aliphatic rings. The highest BCUT2D eigenvalue weighted by Gasteiger charge is 2.13. The molecule has 62 valence electrons. The van der Waals surface area contributed by atoms with Crippen LogP contribution in [0, 0.1) is 0 Å². The first kappa shape index (κ1) is 7.53. The molecule has 0 fully saturated rings. The van der Waals surface area contributed by atoms with Crippen LogP contribution in [-0.4, -0.2) is 6.21 Å². The summed E-state index contributed by atoms with van der Waals surface area (Å²) in [7, 11) is 0. The van der Waals surface area contributed by atoms with Gasteiger partial charge in [0.05, 0.1) is 5.69 Å². The second-order valence-corrected chi connectivity index (χ2v) is 3.31. The van der Waals surface area contributed by atoms with E-state index in [4.69, 9.17) is 0 Å². The molecule has 1 unspecified atom stereocenters. The molecule has 0 spiro atoms. The number of nitrogens with zero attached hydrogens (tertiary/aromatic N) is 1. The maximum atomic E-state index is 4.33. The van der Waals surface area contributed by atoms with Gasteiger partial charge in [-0.25, -0.2) is 0 Å². The molecule has 0 radical (unpaired) electrons. The van der Waals surface area contributed by atoms with Gasteiger partial charge in [-0.3, -0.25) is 4.99 Å². The fraction of sp³-hybridized carbons (Fsp3) is 0.364. The van der Waals surface area contributed by atoms with Crippen molar-refractivity contribution in [1.29, 1.82) is 0 Å². The van der Waals surface area contributed by atoms with Gasteiger partial charge in [-0.15, -0.1) is 0 Å². The van der Waals surface area contributed by atoms with Gasteiger partial charge in [-0.2, -0.15) is 0 Å². The average Bonchev–Trinajstić information content (AvgIpc) is 2.47. The quantitative estimate of drug-likeness (QED) is 0.597. The Kier molecular flexibility index (Phi) is 1.72. The lowest BCUT2D eigenvalue weighted by Gasteiger charge is -2.04. The molecule has 0 saturated heterocycles. The van der Waals surface area contributed by atoms with Crippen LogP contribution in [0.2, 0.25) is 0 Å². The first-order valence-electron chi connectivity index (χ1n) is 4.48. The molecule has 1 aliphatic heterocycles. The number of hydrogen-bond acceptors (Lipinski definition) is 1. The SMILES string of the molecule is CCc1ccc2c(c1)C(C)C=N2. The second-order valence-electron chi connectivity index (χ2n) is 3.31. The lowest BCUT2D eigenvalue weighted by Crippen LogP contribution is -1.89. The highest BCUT2D eigenvalue weighted by Crippen LogP contribution is 2.32. The monoisotopic (exact) mass is 159 g/mol. The standard InChI is InChI=1S/C11H13N/c1-3-9-4-5-11-10(6-9)8(2)7-12-11/h4-8H,3H2,1-2H3. The van der Waals surface area contributed by atoms with Crippen molar-refractivity contribution in [3.63, 3.8) is 0 Å². The fourth-order valence-electron chi connectivity index (χ4n) is 1.58. The van der Waals surface area contributed by atoms with Crippen molar-refractivity contribution in [1.82, 2.24) is 0 Å². The zero-order valence-corrected chi connectivity index (χ0v) is 7.54. The largest absolute Gasteiger partial charge is 0.260 e. The molecule has 0 aromatic heterocycles. The Bertz CT molecular complexity index is 326. The minimum atomic E-state index is 0.506. The van der Waals surface area contributed by atoms with Crippen molar-refractivity contribution in [3.8, 4) is 0 Å². The van der Waals surface area contributed by atoms with Crippen molar-refractivity contribution in [2.45, 2.75) is 26.2 Å². The molecule has 0 bridgehead atoms. The van der Waals surface area contributed by atoms with Gasteiger partial charge >= 0.3 is 0 Å². The van der Waals surface area contributed by atoms with Gasteiger partial charge in [0.1, 0.15) is 0 Å². The predicted octanol–water partition coefficient (Wildman–Crippen LogP) is 3.07. The highest BCUT2D eigenvalue weighted by atomic mass is 14.8. The number of aliphatic imine (C=N–C) groups is 1. The fourth-order valence-corrected chi connectivity index (χ4v) is 1.58. The summed E-state index contributed by atoms with van der Waals surface area (Å²) in [4.78, 5) is 4.33. The van der Waals surface area contributed by atoms with E-state index in [0.29, 0.717) is 5.92 Å². The average molecular weight is 159 g/mol. The maximum absolute atomic E-state index is 4.33. The van der Waals surface area contributed by atoms with Crippen molar-refractivity contribution < 1.29 is 0 Å².